The van der Waals surface area contributed by atoms with Gasteiger partial charge in [-0.05, 0) is 31.2 Å². The van der Waals surface area contributed by atoms with Crippen LogP contribution in [0.5, 0.6) is 0 Å². The molecule has 2 N–H and O–H groups in total. The zero-order valence-electron chi connectivity index (χ0n) is 15.3. The quantitative estimate of drug-likeness (QED) is 0.738. The number of piperidine rings is 1. The zero-order valence-corrected chi connectivity index (χ0v) is 16.2. The molecule has 1 heterocycles. The van der Waals surface area contributed by atoms with Gasteiger partial charge in [0.25, 0.3) is 0 Å². The highest BCUT2D eigenvalue weighted by Crippen LogP contribution is 2.48. The van der Waals surface area contributed by atoms with Crippen molar-refractivity contribution in [3.8, 4) is 0 Å². The predicted molar refractivity (Wildman–Crippen MR) is 98.9 cm³/mol. The maximum atomic E-state index is 12.6. The highest BCUT2D eigenvalue weighted by atomic mass is 31.2. The second-order valence-electron chi connectivity index (χ2n) is 6.77. The van der Waals surface area contributed by atoms with E-state index in [4.69, 9.17) is 4.74 Å². The summed E-state index contributed by atoms with van der Waals surface area (Å²) in [5.74, 6) is -0.769. The van der Waals surface area contributed by atoms with Gasteiger partial charge in [0.05, 0.1) is 0 Å². The number of alkyl carbamates (subject to hydrolysis) is 1. The van der Waals surface area contributed by atoms with Crippen LogP contribution in [-0.2, 0) is 20.7 Å². The summed E-state index contributed by atoms with van der Waals surface area (Å²) >= 11 is 0. The standard InChI is InChI=1S/C18H27N2O5P/c1-14(19-18(22)25-12-16-6-4-3-5-7-16)26(23,24)13-17-8-10-20(11-9-17)15(2)21/h3-7,14,17H,8-13H2,1-2H3,(H,19,22)(H,23,24)/t14-/m1/s1. The maximum absolute atomic E-state index is 12.6. The average molecular weight is 382 g/mol. The van der Waals surface area contributed by atoms with Gasteiger partial charge in [-0.2, -0.15) is 0 Å². The number of likely N-dealkylation sites (tertiary alicyclic amines) is 1. The molecule has 1 aromatic carbocycles. The van der Waals surface area contributed by atoms with E-state index >= 15 is 0 Å². The van der Waals surface area contributed by atoms with E-state index in [1.54, 1.807) is 4.90 Å². The molecule has 0 aromatic heterocycles. The lowest BCUT2D eigenvalue weighted by Gasteiger charge is -2.33. The fourth-order valence-corrected chi connectivity index (χ4v) is 4.72. The Hall–Kier alpha value is -1.85. The summed E-state index contributed by atoms with van der Waals surface area (Å²) in [5.41, 5.74) is 0.847. The third-order valence-electron chi connectivity index (χ3n) is 4.72. The van der Waals surface area contributed by atoms with Crippen molar-refractivity contribution in [3.05, 3.63) is 35.9 Å². The second kappa shape index (κ2) is 9.19. The van der Waals surface area contributed by atoms with Crippen LogP contribution < -0.4 is 5.32 Å². The Morgan fingerprint density at radius 1 is 1.31 bits per heavy atom. The number of benzene rings is 1. The molecule has 26 heavy (non-hydrogen) atoms. The summed E-state index contributed by atoms with van der Waals surface area (Å²) in [7, 11) is -3.56. The molecule has 1 aliphatic heterocycles. The van der Waals surface area contributed by atoms with Crippen LogP contribution in [0.1, 0.15) is 32.3 Å². The Labute approximate surface area is 154 Å². The van der Waals surface area contributed by atoms with E-state index in [1.165, 1.54) is 13.8 Å². The molecule has 1 unspecified atom stereocenters. The summed E-state index contributed by atoms with van der Waals surface area (Å²) in [6, 6.07) is 9.23. The highest BCUT2D eigenvalue weighted by molar-refractivity contribution is 7.58. The van der Waals surface area contributed by atoms with E-state index < -0.39 is 19.2 Å². The fraction of sp³-hybridized carbons (Fsp3) is 0.556. The van der Waals surface area contributed by atoms with E-state index in [9.17, 15) is 19.0 Å². The van der Waals surface area contributed by atoms with Crippen molar-refractivity contribution in [1.29, 1.82) is 0 Å². The summed E-state index contributed by atoms with van der Waals surface area (Å²) in [4.78, 5) is 35.3. The molecular formula is C18H27N2O5P. The molecule has 8 heteroatoms. The van der Waals surface area contributed by atoms with Crippen molar-refractivity contribution >= 4 is 19.4 Å². The first-order chi connectivity index (χ1) is 12.3. The van der Waals surface area contributed by atoms with Gasteiger partial charge >= 0.3 is 6.09 Å². The molecule has 1 aromatic rings. The predicted octanol–water partition coefficient (Wildman–Crippen LogP) is 2.79. The smallest absolute Gasteiger partial charge is 0.408 e. The van der Waals surface area contributed by atoms with Gasteiger partial charge in [0.2, 0.25) is 13.3 Å². The first kappa shape index (κ1) is 20.5. The lowest BCUT2D eigenvalue weighted by molar-refractivity contribution is -0.130. The summed E-state index contributed by atoms with van der Waals surface area (Å²) in [5, 5.41) is 2.47. The summed E-state index contributed by atoms with van der Waals surface area (Å²) < 4.78 is 17.7. The van der Waals surface area contributed by atoms with Crippen molar-refractivity contribution in [2.24, 2.45) is 5.92 Å². The van der Waals surface area contributed by atoms with Gasteiger partial charge in [0.15, 0.2) is 0 Å². The van der Waals surface area contributed by atoms with E-state index in [0.717, 1.165) is 5.56 Å². The Morgan fingerprint density at radius 2 is 1.92 bits per heavy atom. The average Bonchev–Trinajstić information content (AvgIpc) is 2.61. The van der Waals surface area contributed by atoms with Crippen LogP contribution in [0.15, 0.2) is 30.3 Å². The van der Waals surface area contributed by atoms with Crippen LogP contribution in [0.4, 0.5) is 4.79 Å². The van der Waals surface area contributed by atoms with Gasteiger partial charge in [0, 0.05) is 26.2 Å². The van der Waals surface area contributed by atoms with E-state index in [0.29, 0.717) is 25.9 Å². The molecule has 1 aliphatic rings. The molecule has 0 saturated carbocycles. The Balaban J connectivity index is 1.78. The van der Waals surface area contributed by atoms with Gasteiger partial charge < -0.3 is 19.8 Å². The van der Waals surface area contributed by atoms with Crippen molar-refractivity contribution in [2.75, 3.05) is 19.3 Å². The number of nitrogens with zero attached hydrogens (tertiary/aromatic N) is 1. The number of rotatable bonds is 6. The largest absolute Gasteiger partial charge is 0.445 e. The number of hydrogen-bond acceptors (Lipinski definition) is 4. The normalized spacial score (nSPS) is 18.7. The van der Waals surface area contributed by atoms with Crippen molar-refractivity contribution in [2.45, 2.75) is 39.1 Å². The number of carbonyl (C=O) groups is 2. The van der Waals surface area contributed by atoms with E-state index in [1.807, 2.05) is 30.3 Å². The van der Waals surface area contributed by atoms with Crippen molar-refractivity contribution < 1.29 is 23.8 Å². The molecular weight excluding hydrogens is 355 g/mol. The molecule has 2 rings (SSSR count). The Kier molecular flexibility index (Phi) is 7.23. The van der Waals surface area contributed by atoms with Crippen LogP contribution in [0.3, 0.4) is 0 Å². The lowest BCUT2D eigenvalue weighted by atomic mass is 9.99. The molecule has 0 aliphatic carbocycles. The number of hydrogen-bond donors (Lipinski definition) is 2. The molecule has 144 valence electrons. The lowest BCUT2D eigenvalue weighted by Crippen LogP contribution is -2.39. The van der Waals surface area contributed by atoms with Crippen LogP contribution >= 0.6 is 7.37 Å². The van der Waals surface area contributed by atoms with Crippen LogP contribution in [-0.4, -0.2) is 46.8 Å². The monoisotopic (exact) mass is 382 g/mol. The number of carbonyl (C=O) groups excluding carboxylic acids is 2. The fourth-order valence-electron chi connectivity index (χ4n) is 2.99. The molecule has 0 bridgehead atoms. The molecule has 1 saturated heterocycles. The highest BCUT2D eigenvalue weighted by Gasteiger charge is 2.33. The SMILES string of the molecule is CC(=O)N1CCC(CP(=O)(O)[C@H](C)NC(=O)OCc2ccccc2)CC1. The minimum absolute atomic E-state index is 0.0341. The van der Waals surface area contributed by atoms with Crippen LogP contribution in [0.2, 0.25) is 0 Å². The molecule has 1 fully saturated rings. The maximum Gasteiger partial charge on any atom is 0.408 e. The van der Waals surface area contributed by atoms with Crippen LogP contribution in [0.25, 0.3) is 0 Å². The van der Waals surface area contributed by atoms with Gasteiger partial charge in [-0.1, -0.05) is 30.3 Å². The molecule has 2 amide bonds. The number of nitrogens with one attached hydrogen (secondary N) is 1. The van der Waals surface area contributed by atoms with Crippen LogP contribution in [0, 0.1) is 5.92 Å². The first-order valence-electron chi connectivity index (χ1n) is 8.82. The Morgan fingerprint density at radius 3 is 2.50 bits per heavy atom. The zero-order chi connectivity index (χ0) is 19.2. The number of amides is 2. The third kappa shape index (κ3) is 6.15. The van der Waals surface area contributed by atoms with E-state index in [2.05, 4.69) is 5.32 Å². The minimum Gasteiger partial charge on any atom is -0.445 e. The second-order valence-corrected chi connectivity index (χ2v) is 9.42. The van der Waals surface area contributed by atoms with Crippen molar-refractivity contribution in [1.82, 2.24) is 10.2 Å². The van der Waals surface area contributed by atoms with Gasteiger partial charge in [-0.15, -0.1) is 0 Å². The topological polar surface area (TPSA) is 95.9 Å². The number of ether oxygens (including phenoxy) is 1. The molecule has 7 nitrogen and oxygen atoms in total. The summed E-state index contributed by atoms with van der Waals surface area (Å²) in [6.45, 7) is 4.39. The first-order valence-corrected chi connectivity index (χ1v) is 10.7. The van der Waals surface area contributed by atoms with Gasteiger partial charge in [-0.3, -0.25) is 9.36 Å². The molecule has 0 radical (unpaired) electrons. The minimum atomic E-state index is -3.56. The van der Waals surface area contributed by atoms with Gasteiger partial charge in [0.1, 0.15) is 12.4 Å². The summed E-state index contributed by atoms with van der Waals surface area (Å²) in [6.07, 6.45) is 0.839. The molecule has 0 spiro atoms. The molecule has 2 atom stereocenters. The van der Waals surface area contributed by atoms with Crippen molar-refractivity contribution in [3.63, 3.8) is 0 Å². The Bertz CT molecular complexity index is 659. The van der Waals surface area contributed by atoms with Gasteiger partial charge in [-0.25, -0.2) is 4.79 Å². The van der Waals surface area contributed by atoms with E-state index in [-0.39, 0.29) is 24.6 Å². The third-order valence-corrected chi connectivity index (χ3v) is 7.10.